The number of nitrogens with zero attached hydrogens (tertiary/aromatic N) is 1. The van der Waals surface area contributed by atoms with Gasteiger partial charge < -0.3 is 4.74 Å². The third-order valence-electron chi connectivity index (χ3n) is 2.44. The molecular formula is C14H19NO. The number of nitriles is 1. The van der Waals surface area contributed by atoms with Gasteiger partial charge in [-0.2, -0.15) is 5.26 Å². The summed E-state index contributed by atoms with van der Waals surface area (Å²) < 4.78 is 5.60. The van der Waals surface area contributed by atoms with Crippen LogP contribution < -0.4 is 4.74 Å². The van der Waals surface area contributed by atoms with Crippen LogP contribution in [0.5, 0.6) is 5.75 Å². The lowest BCUT2D eigenvalue weighted by molar-refractivity contribution is 0.227. The Balaban J connectivity index is 2.69. The van der Waals surface area contributed by atoms with Gasteiger partial charge in [0.2, 0.25) is 0 Å². The smallest absolute Gasteiger partial charge is 0.119 e. The SMILES string of the molecule is CC(CC#N)Oc1ccc(C(C)(C)C)cc1. The minimum absolute atomic E-state index is 0.0505. The summed E-state index contributed by atoms with van der Waals surface area (Å²) in [5.41, 5.74) is 1.45. The topological polar surface area (TPSA) is 33.0 Å². The molecule has 1 unspecified atom stereocenters. The standard InChI is InChI=1S/C14H19NO/c1-11(9-10-15)16-13-7-5-12(6-8-13)14(2,3)4/h5-8,11H,9H2,1-4H3. The molecule has 2 heteroatoms. The molecule has 16 heavy (non-hydrogen) atoms. The van der Waals surface area contributed by atoms with Crippen LogP contribution in [0.4, 0.5) is 0 Å². The Hall–Kier alpha value is -1.49. The molecular weight excluding hydrogens is 198 g/mol. The average molecular weight is 217 g/mol. The van der Waals surface area contributed by atoms with Crippen molar-refractivity contribution >= 4 is 0 Å². The zero-order chi connectivity index (χ0) is 12.2. The minimum atomic E-state index is -0.0505. The molecule has 1 atom stereocenters. The summed E-state index contributed by atoms with van der Waals surface area (Å²) in [6.07, 6.45) is 0.367. The van der Waals surface area contributed by atoms with E-state index in [-0.39, 0.29) is 11.5 Å². The Kier molecular flexibility index (Phi) is 3.95. The van der Waals surface area contributed by atoms with Crippen molar-refractivity contribution in [1.29, 1.82) is 5.26 Å². The molecule has 0 aliphatic heterocycles. The Morgan fingerprint density at radius 2 is 1.81 bits per heavy atom. The molecule has 0 N–H and O–H groups in total. The van der Waals surface area contributed by atoms with Gasteiger partial charge in [0.25, 0.3) is 0 Å². The summed E-state index contributed by atoms with van der Waals surface area (Å²) in [6.45, 7) is 8.45. The maximum Gasteiger partial charge on any atom is 0.119 e. The van der Waals surface area contributed by atoms with Crippen LogP contribution in [-0.4, -0.2) is 6.10 Å². The number of benzene rings is 1. The van der Waals surface area contributed by atoms with Gasteiger partial charge in [-0.15, -0.1) is 0 Å². The zero-order valence-corrected chi connectivity index (χ0v) is 10.4. The highest BCUT2D eigenvalue weighted by Crippen LogP contribution is 2.24. The Morgan fingerprint density at radius 1 is 1.25 bits per heavy atom. The molecule has 0 aliphatic carbocycles. The fraction of sp³-hybridized carbons (Fsp3) is 0.500. The summed E-state index contributed by atoms with van der Waals surface area (Å²) in [7, 11) is 0. The second-order valence-electron chi connectivity index (χ2n) is 5.07. The predicted octanol–water partition coefficient (Wildman–Crippen LogP) is 3.67. The quantitative estimate of drug-likeness (QED) is 0.774. The molecule has 1 aromatic rings. The van der Waals surface area contributed by atoms with Gasteiger partial charge in [-0.25, -0.2) is 0 Å². The van der Waals surface area contributed by atoms with Crippen LogP contribution in [0.25, 0.3) is 0 Å². The molecule has 86 valence electrons. The van der Waals surface area contributed by atoms with E-state index in [1.54, 1.807) is 0 Å². The molecule has 0 bridgehead atoms. The normalized spacial score (nSPS) is 12.9. The molecule has 1 rings (SSSR count). The van der Waals surface area contributed by atoms with Crippen LogP contribution in [-0.2, 0) is 5.41 Å². The van der Waals surface area contributed by atoms with Crippen molar-refractivity contribution in [3.05, 3.63) is 29.8 Å². The Labute approximate surface area is 97.9 Å². The monoisotopic (exact) mass is 217 g/mol. The van der Waals surface area contributed by atoms with Crippen molar-refractivity contribution in [2.24, 2.45) is 0 Å². The number of rotatable bonds is 3. The molecule has 0 spiro atoms. The Morgan fingerprint density at radius 3 is 2.25 bits per heavy atom. The lowest BCUT2D eigenvalue weighted by Gasteiger charge is -2.19. The van der Waals surface area contributed by atoms with Crippen molar-refractivity contribution in [2.45, 2.75) is 45.6 Å². The first-order valence-electron chi connectivity index (χ1n) is 5.57. The molecule has 0 saturated carbocycles. The third kappa shape index (κ3) is 3.58. The van der Waals surface area contributed by atoms with Crippen LogP contribution >= 0.6 is 0 Å². The van der Waals surface area contributed by atoms with Crippen LogP contribution in [0.2, 0.25) is 0 Å². The Bertz CT molecular complexity index is 367. The summed E-state index contributed by atoms with van der Waals surface area (Å²) in [4.78, 5) is 0. The molecule has 0 fully saturated rings. The summed E-state index contributed by atoms with van der Waals surface area (Å²) in [5.74, 6) is 0.829. The van der Waals surface area contributed by atoms with Crippen LogP contribution in [0.3, 0.4) is 0 Å². The van der Waals surface area contributed by atoms with Crippen molar-refractivity contribution < 1.29 is 4.74 Å². The number of hydrogen-bond acceptors (Lipinski definition) is 2. The second-order valence-corrected chi connectivity index (χ2v) is 5.07. The summed E-state index contributed by atoms with van der Waals surface area (Å²) >= 11 is 0. The predicted molar refractivity (Wildman–Crippen MR) is 65.5 cm³/mol. The first-order valence-corrected chi connectivity index (χ1v) is 5.57. The number of hydrogen-bond donors (Lipinski definition) is 0. The molecule has 0 saturated heterocycles. The fourth-order valence-corrected chi connectivity index (χ4v) is 1.44. The van der Waals surface area contributed by atoms with Gasteiger partial charge in [0, 0.05) is 0 Å². The molecule has 0 radical (unpaired) electrons. The van der Waals surface area contributed by atoms with Crippen LogP contribution in [0, 0.1) is 11.3 Å². The van der Waals surface area contributed by atoms with Gasteiger partial charge in [0.1, 0.15) is 11.9 Å². The van der Waals surface area contributed by atoms with Gasteiger partial charge in [-0.05, 0) is 30.0 Å². The van der Waals surface area contributed by atoms with E-state index in [4.69, 9.17) is 10.00 Å². The van der Waals surface area contributed by atoms with Crippen LogP contribution in [0.15, 0.2) is 24.3 Å². The third-order valence-corrected chi connectivity index (χ3v) is 2.44. The summed E-state index contributed by atoms with van der Waals surface area (Å²) in [6, 6.07) is 10.2. The van der Waals surface area contributed by atoms with Gasteiger partial charge >= 0.3 is 0 Å². The molecule has 0 heterocycles. The van der Waals surface area contributed by atoms with Crippen molar-refractivity contribution in [1.82, 2.24) is 0 Å². The van der Waals surface area contributed by atoms with E-state index in [2.05, 4.69) is 39.0 Å². The molecule has 0 amide bonds. The fourth-order valence-electron chi connectivity index (χ4n) is 1.44. The second kappa shape index (κ2) is 5.03. The summed E-state index contributed by atoms with van der Waals surface area (Å²) in [5, 5.41) is 8.54. The highest BCUT2D eigenvalue weighted by atomic mass is 16.5. The van der Waals surface area contributed by atoms with E-state index in [0.717, 1.165) is 5.75 Å². The highest BCUT2D eigenvalue weighted by Gasteiger charge is 2.13. The van der Waals surface area contributed by atoms with E-state index < -0.39 is 0 Å². The first kappa shape index (κ1) is 12.6. The molecule has 0 aromatic heterocycles. The average Bonchev–Trinajstić information content (AvgIpc) is 2.17. The van der Waals surface area contributed by atoms with Crippen molar-refractivity contribution in [3.63, 3.8) is 0 Å². The van der Waals surface area contributed by atoms with E-state index in [1.807, 2.05) is 19.1 Å². The lowest BCUT2D eigenvalue weighted by Crippen LogP contribution is -2.12. The van der Waals surface area contributed by atoms with Gasteiger partial charge in [0.15, 0.2) is 0 Å². The van der Waals surface area contributed by atoms with E-state index >= 15 is 0 Å². The molecule has 1 aromatic carbocycles. The van der Waals surface area contributed by atoms with Gasteiger partial charge in [-0.1, -0.05) is 32.9 Å². The first-order chi connectivity index (χ1) is 7.43. The molecule has 0 aliphatic rings. The van der Waals surface area contributed by atoms with E-state index in [1.165, 1.54) is 5.56 Å². The van der Waals surface area contributed by atoms with Gasteiger partial charge in [-0.3, -0.25) is 0 Å². The van der Waals surface area contributed by atoms with Crippen molar-refractivity contribution in [2.75, 3.05) is 0 Å². The minimum Gasteiger partial charge on any atom is -0.490 e. The van der Waals surface area contributed by atoms with Gasteiger partial charge in [0.05, 0.1) is 12.5 Å². The van der Waals surface area contributed by atoms with E-state index in [9.17, 15) is 0 Å². The highest BCUT2D eigenvalue weighted by molar-refractivity contribution is 5.31. The largest absolute Gasteiger partial charge is 0.490 e. The zero-order valence-electron chi connectivity index (χ0n) is 10.4. The maximum absolute atomic E-state index is 8.54. The maximum atomic E-state index is 8.54. The lowest BCUT2D eigenvalue weighted by atomic mass is 9.87. The van der Waals surface area contributed by atoms with E-state index in [0.29, 0.717) is 6.42 Å². The van der Waals surface area contributed by atoms with Crippen molar-refractivity contribution in [3.8, 4) is 11.8 Å². The van der Waals surface area contributed by atoms with Crippen LogP contribution in [0.1, 0.15) is 39.7 Å². The molecule has 2 nitrogen and oxygen atoms in total. The number of ether oxygens (including phenoxy) is 1.